The summed E-state index contributed by atoms with van der Waals surface area (Å²) in [6, 6.07) is 12.5. The average Bonchev–Trinajstić information content (AvgIpc) is 2.83. The van der Waals surface area contributed by atoms with Crippen molar-refractivity contribution in [2.75, 3.05) is 18.4 Å². The number of amides is 1. The van der Waals surface area contributed by atoms with Gasteiger partial charge in [-0.1, -0.05) is 61.3 Å². The molecule has 0 saturated heterocycles. The molecule has 1 aromatic heterocycles. The number of anilines is 1. The van der Waals surface area contributed by atoms with Crippen LogP contribution >= 0.6 is 23.2 Å². The van der Waals surface area contributed by atoms with Crippen LogP contribution in [0.15, 0.2) is 42.5 Å². The van der Waals surface area contributed by atoms with Crippen LogP contribution in [0.2, 0.25) is 10.0 Å². The number of ether oxygens (including phenoxy) is 1. The van der Waals surface area contributed by atoms with Gasteiger partial charge in [0.05, 0.1) is 26.8 Å². The maximum absolute atomic E-state index is 13.5. The number of esters is 1. The van der Waals surface area contributed by atoms with E-state index >= 15 is 0 Å². The molecule has 2 heterocycles. The van der Waals surface area contributed by atoms with E-state index in [2.05, 4.69) is 17.1 Å². The fourth-order valence-corrected chi connectivity index (χ4v) is 4.66. The average molecular weight is 500 g/mol. The van der Waals surface area contributed by atoms with Crippen molar-refractivity contribution in [3.63, 3.8) is 0 Å². The van der Waals surface area contributed by atoms with Crippen LogP contribution in [0.4, 0.5) is 5.69 Å². The molecule has 0 fully saturated rings. The Labute approximate surface area is 209 Å². The van der Waals surface area contributed by atoms with Crippen molar-refractivity contribution in [3.05, 3.63) is 69.3 Å². The number of hydrogen-bond acceptors (Lipinski definition) is 5. The van der Waals surface area contributed by atoms with Crippen LogP contribution in [0.5, 0.6) is 0 Å². The van der Waals surface area contributed by atoms with Crippen molar-refractivity contribution >= 4 is 51.7 Å². The van der Waals surface area contributed by atoms with E-state index in [1.807, 2.05) is 24.3 Å². The highest BCUT2D eigenvalue weighted by Crippen LogP contribution is 2.31. The van der Waals surface area contributed by atoms with Gasteiger partial charge >= 0.3 is 5.97 Å². The van der Waals surface area contributed by atoms with Gasteiger partial charge in [0.25, 0.3) is 5.91 Å². The number of aromatic nitrogens is 1. The number of nitrogens with one attached hydrogen (secondary N) is 1. The predicted molar refractivity (Wildman–Crippen MR) is 136 cm³/mol. The third kappa shape index (κ3) is 5.04. The zero-order valence-electron chi connectivity index (χ0n) is 19.2. The Balaban J connectivity index is 1.64. The van der Waals surface area contributed by atoms with Crippen LogP contribution < -0.4 is 5.32 Å². The SMILES string of the molecule is CCCN1CCc2nc3ccccc3c(C(=O)OC(CC)C(=O)Nc3cccc(Cl)c3Cl)c2C1. The van der Waals surface area contributed by atoms with Gasteiger partial charge < -0.3 is 10.1 Å². The highest BCUT2D eigenvalue weighted by Gasteiger charge is 2.29. The highest BCUT2D eigenvalue weighted by molar-refractivity contribution is 6.44. The fourth-order valence-electron chi connectivity index (χ4n) is 4.31. The molecule has 4 rings (SSSR count). The number of hydrogen-bond donors (Lipinski definition) is 1. The Bertz CT molecular complexity index is 1230. The number of halogens is 2. The van der Waals surface area contributed by atoms with Gasteiger partial charge in [-0.3, -0.25) is 14.7 Å². The summed E-state index contributed by atoms with van der Waals surface area (Å²) in [5, 5.41) is 4.03. The van der Waals surface area contributed by atoms with Crippen molar-refractivity contribution in [3.8, 4) is 0 Å². The molecule has 178 valence electrons. The number of carbonyl (C=O) groups excluding carboxylic acids is 2. The van der Waals surface area contributed by atoms with Crippen LogP contribution in [0.3, 0.4) is 0 Å². The van der Waals surface area contributed by atoms with Gasteiger partial charge in [0.1, 0.15) is 0 Å². The molecular weight excluding hydrogens is 473 g/mol. The van der Waals surface area contributed by atoms with Crippen LogP contribution in [0.25, 0.3) is 10.9 Å². The smallest absolute Gasteiger partial charge is 0.340 e. The lowest BCUT2D eigenvalue weighted by molar-refractivity contribution is -0.124. The molecule has 3 aromatic rings. The highest BCUT2D eigenvalue weighted by atomic mass is 35.5. The van der Waals surface area contributed by atoms with Gasteiger partial charge in [-0.05, 0) is 37.6 Å². The Morgan fingerprint density at radius 1 is 1.15 bits per heavy atom. The van der Waals surface area contributed by atoms with Gasteiger partial charge in [-0.25, -0.2) is 4.79 Å². The van der Waals surface area contributed by atoms with Crippen molar-refractivity contribution in [2.45, 2.75) is 45.8 Å². The Morgan fingerprint density at radius 2 is 1.94 bits per heavy atom. The quantitative estimate of drug-likeness (QED) is 0.410. The number of rotatable bonds is 7. The Hall–Kier alpha value is -2.67. The standard InChI is InChI=1S/C26H27Cl2N3O3/c1-3-13-31-14-12-20-17(15-31)23(16-8-5-6-10-19(16)29-20)26(33)34-22(4-2)25(32)30-21-11-7-9-18(27)24(21)28/h5-11,22H,3-4,12-15H2,1-2H3,(H,30,32). The monoisotopic (exact) mass is 499 g/mol. The number of nitrogens with zero attached hydrogens (tertiary/aromatic N) is 2. The molecule has 0 saturated carbocycles. The summed E-state index contributed by atoms with van der Waals surface area (Å²) in [5.74, 6) is -0.979. The fraction of sp³-hybridized carbons (Fsp3) is 0.346. The van der Waals surface area contributed by atoms with E-state index in [0.29, 0.717) is 29.2 Å². The number of pyridine rings is 1. The Kier molecular flexibility index (Phi) is 7.71. The van der Waals surface area contributed by atoms with Gasteiger partial charge in [0, 0.05) is 36.2 Å². The first kappa shape index (κ1) is 24.5. The summed E-state index contributed by atoms with van der Waals surface area (Å²) in [7, 11) is 0. The van der Waals surface area contributed by atoms with Crippen molar-refractivity contribution in [1.29, 1.82) is 0 Å². The summed E-state index contributed by atoms with van der Waals surface area (Å²) >= 11 is 12.3. The molecule has 2 aromatic carbocycles. The zero-order chi connectivity index (χ0) is 24.2. The minimum atomic E-state index is -0.986. The number of benzene rings is 2. The molecule has 1 unspecified atom stereocenters. The predicted octanol–water partition coefficient (Wildman–Crippen LogP) is 5.88. The van der Waals surface area contributed by atoms with Gasteiger partial charge in [0.2, 0.25) is 0 Å². The van der Waals surface area contributed by atoms with E-state index in [-0.39, 0.29) is 5.02 Å². The molecule has 1 amide bonds. The van der Waals surface area contributed by atoms with Crippen LogP contribution in [-0.4, -0.2) is 41.0 Å². The van der Waals surface area contributed by atoms with Crippen molar-refractivity contribution in [2.24, 2.45) is 0 Å². The molecule has 8 heteroatoms. The molecule has 0 aliphatic carbocycles. The summed E-state index contributed by atoms with van der Waals surface area (Å²) in [6.07, 6.45) is 1.12. The molecule has 34 heavy (non-hydrogen) atoms. The van der Waals surface area contributed by atoms with E-state index in [1.54, 1.807) is 25.1 Å². The van der Waals surface area contributed by atoms with Crippen LogP contribution in [0, 0.1) is 0 Å². The Morgan fingerprint density at radius 3 is 2.71 bits per heavy atom. The van der Waals surface area contributed by atoms with Crippen LogP contribution in [0.1, 0.15) is 48.3 Å². The van der Waals surface area contributed by atoms with Gasteiger partial charge in [-0.2, -0.15) is 0 Å². The lowest BCUT2D eigenvalue weighted by Crippen LogP contribution is -2.35. The molecule has 0 radical (unpaired) electrons. The second kappa shape index (κ2) is 10.7. The summed E-state index contributed by atoms with van der Waals surface area (Å²) < 4.78 is 5.79. The maximum Gasteiger partial charge on any atom is 0.340 e. The van der Waals surface area contributed by atoms with Gasteiger partial charge in [0.15, 0.2) is 6.10 Å². The lowest BCUT2D eigenvalue weighted by atomic mass is 9.95. The first-order valence-corrected chi connectivity index (χ1v) is 12.3. The van der Waals surface area contributed by atoms with Crippen molar-refractivity contribution < 1.29 is 14.3 Å². The number of carbonyl (C=O) groups is 2. The summed E-state index contributed by atoms with van der Waals surface area (Å²) in [5.41, 5.74) is 3.42. The molecule has 0 bridgehead atoms. The zero-order valence-corrected chi connectivity index (χ0v) is 20.7. The minimum absolute atomic E-state index is 0.240. The van der Waals surface area contributed by atoms with E-state index in [0.717, 1.165) is 48.1 Å². The molecule has 0 spiro atoms. The van der Waals surface area contributed by atoms with Crippen LogP contribution in [-0.2, 0) is 22.5 Å². The lowest BCUT2D eigenvalue weighted by Gasteiger charge is -2.30. The largest absolute Gasteiger partial charge is 0.449 e. The topological polar surface area (TPSA) is 71.5 Å². The number of para-hydroxylation sites is 1. The molecule has 6 nitrogen and oxygen atoms in total. The van der Waals surface area contributed by atoms with E-state index in [1.165, 1.54) is 0 Å². The second-order valence-electron chi connectivity index (χ2n) is 8.35. The maximum atomic E-state index is 13.5. The molecule has 1 atom stereocenters. The molecule has 1 aliphatic heterocycles. The molecule has 1 aliphatic rings. The van der Waals surface area contributed by atoms with Gasteiger partial charge in [-0.15, -0.1) is 0 Å². The summed E-state index contributed by atoms with van der Waals surface area (Å²) in [6.45, 7) is 6.41. The van der Waals surface area contributed by atoms with Crippen molar-refractivity contribution in [1.82, 2.24) is 9.88 Å². The first-order chi connectivity index (χ1) is 16.4. The summed E-state index contributed by atoms with van der Waals surface area (Å²) in [4.78, 5) is 33.6. The van der Waals surface area contributed by atoms with E-state index < -0.39 is 18.0 Å². The first-order valence-electron chi connectivity index (χ1n) is 11.5. The van der Waals surface area contributed by atoms with E-state index in [4.69, 9.17) is 32.9 Å². The third-order valence-electron chi connectivity index (χ3n) is 5.99. The molecular formula is C26H27Cl2N3O3. The van der Waals surface area contributed by atoms with E-state index in [9.17, 15) is 9.59 Å². The second-order valence-corrected chi connectivity index (χ2v) is 9.13. The minimum Gasteiger partial charge on any atom is -0.449 e. The third-order valence-corrected chi connectivity index (χ3v) is 6.81. The molecule has 1 N–H and O–H groups in total. The number of fused-ring (bicyclic) bond motifs is 2. The normalized spacial score (nSPS) is 14.5.